The summed E-state index contributed by atoms with van der Waals surface area (Å²) in [6.45, 7) is 3.46. The van der Waals surface area contributed by atoms with E-state index in [2.05, 4.69) is 0 Å². The van der Waals surface area contributed by atoms with Crippen LogP contribution in [0.4, 0.5) is 5.69 Å². The molecule has 2 aromatic rings. The minimum atomic E-state index is -0.753. The largest absolute Gasteiger partial charge is 0.462 e. The van der Waals surface area contributed by atoms with Crippen LogP contribution < -0.4 is 5.56 Å². The standard InChI is InChI=1S/C16H15ClN2O5/c1-3-24-15(21)10-4-5-11-9(2)13(16(17)6-7-16)12(19(22)23)8-18(11)14(10)20/h4-5,8H,3,6-7H2,1-2H3. The maximum absolute atomic E-state index is 12.6. The number of alkyl halides is 1. The molecule has 2 aromatic heterocycles. The van der Waals surface area contributed by atoms with Gasteiger partial charge in [-0.15, -0.1) is 11.6 Å². The van der Waals surface area contributed by atoms with Crippen molar-refractivity contribution in [3.63, 3.8) is 0 Å². The molecule has 0 aliphatic heterocycles. The number of halogens is 1. The number of hydrogen-bond donors (Lipinski definition) is 0. The molecule has 1 fully saturated rings. The molecule has 0 amide bonds. The molecule has 1 aliphatic carbocycles. The average Bonchev–Trinajstić information content (AvgIpc) is 3.26. The van der Waals surface area contributed by atoms with Crippen LogP contribution in [0.1, 0.15) is 41.3 Å². The minimum absolute atomic E-state index is 0.133. The van der Waals surface area contributed by atoms with Gasteiger partial charge in [0, 0.05) is 0 Å². The van der Waals surface area contributed by atoms with Gasteiger partial charge in [0.1, 0.15) is 5.56 Å². The quantitative estimate of drug-likeness (QED) is 0.366. The van der Waals surface area contributed by atoms with Gasteiger partial charge in [-0.2, -0.15) is 0 Å². The first-order chi connectivity index (χ1) is 11.3. The topological polar surface area (TPSA) is 90.9 Å². The van der Waals surface area contributed by atoms with E-state index in [1.54, 1.807) is 19.9 Å². The summed E-state index contributed by atoms with van der Waals surface area (Å²) in [6, 6.07) is 2.96. The van der Waals surface area contributed by atoms with Gasteiger partial charge >= 0.3 is 5.97 Å². The number of aromatic nitrogens is 1. The smallest absolute Gasteiger partial charge is 0.343 e. The Morgan fingerprint density at radius 1 is 1.46 bits per heavy atom. The number of fused-ring (bicyclic) bond motifs is 1. The molecule has 2 heterocycles. The van der Waals surface area contributed by atoms with Gasteiger partial charge in [-0.05, 0) is 44.4 Å². The Bertz CT molecular complexity index is 930. The van der Waals surface area contributed by atoms with E-state index in [0.717, 1.165) is 10.6 Å². The highest BCUT2D eigenvalue weighted by atomic mass is 35.5. The molecule has 0 aromatic carbocycles. The zero-order valence-corrected chi connectivity index (χ0v) is 13.9. The molecule has 0 unspecified atom stereocenters. The number of pyridine rings is 2. The predicted octanol–water partition coefficient (Wildman–Crippen LogP) is 2.92. The highest BCUT2D eigenvalue weighted by molar-refractivity contribution is 6.26. The molecular weight excluding hydrogens is 336 g/mol. The van der Waals surface area contributed by atoms with Gasteiger partial charge in [-0.25, -0.2) is 4.79 Å². The van der Waals surface area contributed by atoms with E-state index < -0.39 is 21.3 Å². The van der Waals surface area contributed by atoms with Crippen LogP contribution in [-0.2, 0) is 9.61 Å². The minimum Gasteiger partial charge on any atom is -0.462 e. The lowest BCUT2D eigenvalue weighted by molar-refractivity contribution is -0.386. The Balaban J connectivity index is 2.33. The summed E-state index contributed by atoms with van der Waals surface area (Å²) in [4.78, 5) is 34.6. The Morgan fingerprint density at radius 3 is 2.67 bits per heavy atom. The summed E-state index contributed by atoms with van der Waals surface area (Å²) < 4.78 is 5.96. The van der Waals surface area contributed by atoms with E-state index in [1.165, 1.54) is 6.07 Å². The highest BCUT2D eigenvalue weighted by Crippen LogP contribution is 2.56. The molecule has 24 heavy (non-hydrogen) atoms. The van der Waals surface area contributed by atoms with E-state index >= 15 is 0 Å². The van der Waals surface area contributed by atoms with E-state index in [9.17, 15) is 19.7 Å². The van der Waals surface area contributed by atoms with Crippen molar-refractivity contribution in [1.82, 2.24) is 4.40 Å². The summed E-state index contributed by atoms with van der Waals surface area (Å²) in [5, 5.41) is 11.5. The summed E-state index contributed by atoms with van der Waals surface area (Å²) >= 11 is 6.42. The van der Waals surface area contributed by atoms with Crippen molar-refractivity contribution in [2.45, 2.75) is 31.6 Å². The molecule has 126 valence electrons. The molecule has 0 atom stereocenters. The summed E-state index contributed by atoms with van der Waals surface area (Å²) in [5.41, 5.74) is 0.476. The molecule has 0 bridgehead atoms. The first-order valence-electron chi connectivity index (χ1n) is 7.50. The molecule has 0 saturated heterocycles. The van der Waals surface area contributed by atoms with Crippen LogP contribution in [0.25, 0.3) is 5.52 Å². The Kier molecular flexibility index (Phi) is 3.83. The van der Waals surface area contributed by atoms with Gasteiger partial charge in [0.2, 0.25) is 0 Å². The maximum Gasteiger partial charge on any atom is 0.343 e. The number of nitrogens with zero attached hydrogens (tertiary/aromatic N) is 2. The number of carbonyl (C=O) groups is 1. The van der Waals surface area contributed by atoms with Gasteiger partial charge in [0.25, 0.3) is 11.2 Å². The van der Waals surface area contributed by atoms with E-state index in [4.69, 9.17) is 16.3 Å². The molecule has 0 radical (unpaired) electrons. The zero-order valence-electron chi connectivity index (χ0n) is 13.2. The second kappa shape index (κ2) is 5.59. The SMILES string of the molecule is CCOC(=O)c1ccc2c(C)c(C3(Cl)CC3)c([N+](=O)[O-])cn2c1=O. The molecule has 0 N–H and O–H groups in total. The van der Waals surface area contributed by atoms with Gasteiger partial charge in [-0.3, -0.25) is 19.3 Å². The molecular formula is C16H15ClN2O5. The third kappa shape index (κ3) is 2.45. The van der Waals surface area contributed by atoms with Crippen LogP contribution in [0.5, 0.6) is 0 Å². The van der Waals surface area contributed by atoms with Crippen LogP contribution >= 0.6 is 11.6 Å². The number of ether oxygens (including phenoxy) is 1. The predicted molar refractivity (Wildman–Crippen MR) is 87.8 cm³/mol. The van der Waals surface area contributed by atoms with Crippen LogP contribution in [0.3, 0.4) is 0 Å². The molecule has 0 spiro atoms. The number of nitro groups is 1. The lowest BCUT2D eigenvalue weighted by atomic mass is 10.0. The van der Waals surface area contributed by atoms with Crippen molar-refractivity contribution in [3.8, 4) is 0 Å². The summed E-state index contributed by atoms with van der Waals surface area (Å²) in [6.07, 6.45) is 2.44. The number of esters is 1. The van der Waals surface area contributed by atoms with Crippen LogP contribution in [0, 0.1) is 17.0 Å². The normalized spacial score (nSPS) is 15.3. The lowest BCUT2D eigenvalue weighted by Crippen LogP contribution is -2.24. The van der Waals surface area contributed by atoms with Crippen LogP contribution in [-0.4, -0.2) is 21.9 Å². The molecule has 7 nitrogen and oxygen atoms in total. The van der Waals surface area contributed by atoms with Crippen LogP contribution in [0.15, 0.2) is 23.1 Å². The van der Waals surface area contributed by atoms with Crippen molar-refractivity contribution in [2.75, 3.05) is 6.61 Å². The number of hydrogen-bond acceptors (Lipinski definition) is 5. The third-order valence-electron chi connectivity index (χ3n) is 4.21. The number of aryl methyl sites for hydroxylation is 1. The van der Waals surface area contributed by atoms with Crippen molar-refractivity contribution < 1.29 is 14.5 Å². The first kappa shape index (κ1) is 16.4. The maximum atomic E-state index is 12.6. The van der Waals surface area contributed by atoms with Gasteiger partial charge < -0.3 is 4.74 Å². The van der Waals surface area contributed by atoms with Crippen molar-refractivity contribution >= 4 is 28.8 Å². The zero-order chi connectivity index (χ0) is 17.6. The van der Waals surface area contributed by atoms with E-state index in [0.29, 0.717) is 29.5 Å². The highest BCUT2D eigenvalue weighted by Gasteiger charge is 2.48. The summed E-state index contributed by atoms with van der Waals surface area (Å²) in [5.74, 6) is -0.753. The van der Waals surface area contributed by atoms with Gasteiger partial charge in [0.15, 0.2) is 0 Å². The first-order valence-corrected chi connectivity index (χ1v) is 7.88. The molecule has 3 rings (SSSR count). The fourth-order valence-corrected chi connectivity index (χ4v) is 3.25. The Labute approximate surface area is 142 Å². The monoisotopic (exact) mass is 350 g/mol. The molecule has 8 heteroatoms. The second-order valence-corrected chi connectivity index (χ2v) is 6.49. The average molecular weight is 351 g/mol. The van der Waals surface area contributed by atoms with Crippen molar-refractivity contribution in [2.24, 2.45) is 0 Å². The second-order valence-electron chi connectivity index (χ2n) is 5.76. The fourth-order valence-electron chi connectivity index (χ4n) is 2.92. The number of rotatable bonds is 4. The number of carbonyl (C=O) groups excluding carboxylic acids is 1. The Morgan fingerprint density at radius 2 is 2.12 bits per heavy atom. The Hall–Kier alpha value is -2.41. The lowest BCUT2D eigenvalue weighted by Gasteiger charge is -2.15. The van der Waals surface area contributed by atoms with E-state index in [-0.39, 0.29) is 17.9 Å². The van der Waals surface area contributed by atoms with Gasteiger partial charge in [0.05, 0.1) is 33.7 Å². The third-order valence-corrected chi connectivity index (χ3v) is 4.78. The van der Waals surface area contributed by atoms with E-state index in [1.807, 2.05) is 0 Å². The van der Waals surface area contributed by atoms with Crippen LogP contribution in [0.2, 0.25) is 0 Å². The van der Waals surface area contributed by atoms with Crippen molar-refractivity contribution in [3.05, 3.63) is 55.5 Å². The molecule has 1 saturated carbocycles. The van der Waals surface area contributed by atoms with Crippen molar-refractivity contribution in [1.29, 1.82) is 0 Å². The van der Waals surface area contributed by atoms with Gasteiger partial charge in [-0.1, -0.05) is 0 Å². The fraction of sp³-hybridized carbons (Fsp3) is 0.375. The molecule has 1 aliphatic rings. The summed E-state index contributed by atoms with van der Waals surface area (Å²) in [7, 11) is 0.